The summed E-state index contributed by atoms with van der Waals surface area (Å²) >= 11 is 1.56. The lowest BCUT2D eigenvalue weighted by Gasteiger charge is -2.06. The molecule has 0 unspecified atom stereocenters. The van der Waals surface area contributed by atoms with E-state index in [1.807, 2.05) is 73.6 Å². The van der Waals surface area contributed by atoms with Gasteiger partial charge in [0.25, 0.3) is 0 Å². The normalized spacial score (nSPS) is 11.2. The molecular formula is C21H19N5OS. The van der Waals surface area contributed by atoms with E-state index < -0.39 is 0 Å². The van der Waals surface area contributed by atoms with Gasteiger partial charge in [-0.3, -0.25) is 0 Å². The average Bonchev–Trinajstić information content (AvgIpc) is 3.35. The molecule has 140 valence electrons. The zero-order chi connectivity index (χ0) is 19.5. The maximum atomic E-state index is 10.2. The smallest absolute Gasteiger partial charge is 0.200 e. The highest BCUT2D eigenvalue weighted by atomic mass is 32.1. The summed E-state index contributed by atoms with van der Waals surface area (Å²) in [6.45, 7) is 0. The second-order valence-corrected chi connectivity index (χ2v) is 7.41. The molecule has 28 heavy (non-hydrogen) atoms. The topological polar surface area (TPSA) is 76.9 Å². The van der Waals surface area contributed by atoms with Crippen LogP contribution in [0.1, 0.15) is 0 Å². The molecule has 2 aromatic heterocycles. The number of phenolic OH excluding ortho intramolecular Hbond substituents is 1. The number of hydrogen-bond acceptors (Lipinski definition) is 6. The van der Waals surface area contributed by atoms with E-state index in [0.717, 1.165) is 21.3 Å². The first-order valence-electron chi connectivity index (χ1n) is 8.74. The first-order valence-corrected chi connectivity index (χ1v) is 9.56. The van der Waals surface area contributed by atoms with Crippen molar-refractivity contribution in [3.05, 3.63) is 66.7 Å². The van der Waals surface area contributed by atoms with Crippen LogP contribution in [0.5, 0.6) is 5.75 Å². The summed E-state index contributed by atoms with van der Waals surface area (Å²) < 4.78 is 0. The first-order chi connectivity index (χ1) is 13.6. The molecule has 2 N–H and O–H groups in total. The fourth-order valence-corrected chi connectivity index (χ4v) is 3.50. The lowest BCUT2D eigenvalue weighted by atomic mass is 10.1. The third-order valence-corrected chi connectivity index (χ3v) is 5.31. The van der Waals surface area contributed by atoms with Gasteiger partial charge in [-0.1, -0.05) is 53.8 Å². The number of aromatic hydroxyl groups is 1. The van der Waals surface area contributed by atoms with Gasteiger partial charge in [0.1, 0.15) is 16.6 Å². The third kappa shape index (κ3) is 3.65. The Morgan fingerprint density at radius 2 is 1.68 bits per heavy atom. The number of hydrogen-bond donors (Lipinski definition) is 2. The number of imidazole rings is 1. The number of benzene rings is 2. The zero-order valence-corrected chi connectivity index (χ0v) is 16.3. The molecule has 4 rings (SSSR count). The van der Waals surface area contributed by atoms with E-state index in [0.29, 0.717) is 17.2 Å². The minimum Gasteiger partial charge on any atom is -0.507 e. The highest BCUT2D eigenvalue weighted by Gasteiger charge is 2.15. The van der Waals surface area contributed by atoms with Gasteiger partial charge in [0.2, 0.25) is 5.82 Å². The van der Waals surface area contributed by atoms with E-state index in [1.54, 1.807) is 23.5 Å². The molecule has 6 nitrogen and oxygen atoms in total. The number of rotatable bonds is 5. The molecule has 0 amide bonds. The molecule has 2 heterocycles. The molecule has 0 aliphatic carbocycles. The number of azo groups is 1. The number of nitrogens with one attached hydrogen (secondary N) is 1. The van der Waals surface area contributed by atoms with E-state index in [9.17, 15) is 5.11 Å². The fourth-order valence-electron chi connectivity index (χ4n) is 2.75. The standard InChI is InChI=1S/C21H19N5OS/c1-26(2)18-13-12-17(28-18)24-25-21-19(14-8-4-3-5-9-14)22-20(23-21)15-10-6-7-11-16(15)27/h3-13,27H,1-2H3,(H,22,23). The molecular weight excluding hydrogens is 370 g/mol. The molecule has 7 heteroatoms. The fraction of sp³-hybridized carbons (Fsp3) is 0.0952. The van der Waals surface area contributed by atoms with Crippen LogP contribution < -0.4 is 4.90 Å². The average molecular weight is 389 g/mol. The van der Waals surface area contributed by atoms with Crippen molar-refractivity contribution in [3.8, 4) is 28.4 Å². The summed E-state index contributed by atoms with van der Waals surface area (Å²) in [5.74, 6) is 1.18. The monoisotopic (exact) mass is 389 g/mol. The van der Waals surface area contributed by atoms with Gasteiger partial charge in [0.05, 0.1) is 16.3 Å². The SMILES string of the molecule is CN(C)c1ccc(N=Nc2nc(-c3ccccc3O)[nH]c2-c2ccccc2)s1. The largest absolute Gasteiger partial charge is 0.507 e. The second kappa shape index (κ2) is 7.66. The summed E-state index contributed by atoms with van der Waals surface area (Å²) in [5, 5.41) is 20.8. The zero-order valence-electron chi connectivity index (χ0n) is 15.5. The number of phenols is 1. The number of anilines is 1. The van der Waals surface area contributed by atoms with Gasteiger partial charge in [-0.25, -0.2) is 4.98 Å². The van der Waals surface area contributed by atoms with Crippen molar-refractivity contribution in [1.82, 2.24) is 9.97 Å². The van der Waals surface area contributed by atoms with Crippen LogP contribution in [0.4, 0.5) is 15.8 Å². The van der Waals surface area contributed by atoms with Gasteiger partial charge < -0.3 is 15.0 Å². The number of para-hydroxylation sites is 1. The highest BCUT2D eigenvalue weighted by molar-refractivity contribution is 7.19. The lowest BCUT2D eigenvalue weighted by Crippen LogP contribution is -2.05. The molecule has 0 saturated heterocycles. The molecule has 0 bridgehead atoms. The minimum absolute atomic E-state index is 0.160. The Morgan fingerprint density at radius 3 is 2.39 bits per heavy atom. The molecule has 0 aliphatic heterocycles. The van der Waals surface area contributed by atoms with Gasteiger partial charge in [0, 0.05) is 19.7 Å². The summed E-state index contributed by atoms with van der Waals surface area (Å²) in [6, 6.07) is 20.9. The lowest BCUT2D eigenvalue weighted by molar-refractivity contribution is 0.477. The van der Waals surface area contributed by atoms with Gasteiger partial charge in [-0.15, -0.1) is 10.2 Å². The second-order valence-electron chi connectivity index (χ2n) is 6.37. The van der Waals surface area contributed by atoms with Gasteiger partial charge in [0.15, 0.2) is 0 Å². The third-order valence-electron chi connectivity index (χ3n) is 4.17. The van der Waals surface area contributed by atoms with Crippen molar-refractivity contribution in [2.24, 2.45) is 10.2 Å². The van der Waals surface area contributed by atoms with E-state index in [2.05, 4.69) is 20.2 Å². The summed E-state index contributed by atoms with van der Waals surface area (Å²) in [5.41, 5.74) is 2.32. The quantitative estimate of drug-likeness (QED) is 0.411. The van der Waals surface area contributed by atoms with E-state index >= 15 is 0 Å². The summed E-state index contributed by atoms with van der Waals surface area (Å²) in [7, 11) is 3.99. The molecule has 0 saturated carbocycles. The van der Waals surface area contributed by atoms with Crippen molar-refractivity contribution >= 4 is 27.2 Å². The Kier molecular flexibility index (Phi) is 4.90. The van der Waals surface area contributed by atoms with E-state index in [-0.39, 0.29) is 5.75 Å². The molecule has 0 atom stereocenters. The van der Waals surface area contributed by atoms with Crippen LogP contribution in [-0.2, 0) is 0 Å². The van der Waals surface area contributed by atoms with Crippen LogP contribution in [0, 0.1) is 0 Å². The van der Waals surface area contributed by atoms with Crippen LogP contribution in [0.25, 0.3) is 22.6 Å². The number of aromatic nitrogens is 2. The van der Waals surface area contributed by atoms with Crippen LogP contribution >= 0.6 is 11.3 Å². The van der Waals surface area contributed by atoms with Crippen molar-refractivity contribution in [2.45, 2.75) is 0 Å². The Hall–Kier alpha value is -3.45. The number of nitrogens with zero attached hydrogens (tertiary/aromatic N) is 4. The number of H-pyrrole nitrogens is 1. The Bertz CT molecular complexity index is 1110. The molecule has 0 spiro atoms. The van der Waals surface area contributed by atoms with Crippen molar-refractivity contribution < 1.29 is 5.11 Å². The van der Waals surface area contributed by atoms with Crippen molar-refractivity contribution in [3.63, 3.8) is 0 Å². The van der Waals surface area contributed by atoms with Crippen molar-refractivity contribution in [2.75, 3.05) is 19.0 Å². The maximum Gasteiger partial charge on any atom is 0.200 e. The summed E-state index contributed by atoms with van der Waals surface area (Å²) in [4.78, 5) is 9.91. The number of aromatic amines is 1. The van der Waals surface area contributed by atoms with Crippen LogP contribution in [0.3, 0.4) is 0 Å². The highest BCUT2D eigenvalue weighted by Crippen LogP contribution is 2.36. The van der Waals surface area contributed by atoms with E-state index in [1.165, 1.54) is 0 Å². The maximum absolute atomic E-state index is 10.2. The molecule has 0 radical (unpaired) electrons. The van der Waals surface area contributed by atoms with Gasteiger partial charge in [-0.2, -0.15) is 0 Å². The van der Waals surface area contributed by atoms with Gasteiger partial charge >= 0.3 is 0 Å². The van der Waals surface area contributed by atoms with Crippen molar-refractivity contribution in [1.29, 1.82) is 0 Å². The Balaban J connectivity index is 1.76. The predicted molar refractivity (Wildman–Crippen MR) is 114 cm³/mol. The minimum atomic E-state index is 0.160. The Labute approximate surface area is 166 Å². The molecule has 0 fully saturated rings. The molecule has 0 aliphatic rings. The van der Waals surface area contributed by atoms with Gasteiger partial charge in [-0.05, 0) is 24.3 Å². The predicted octanol–water partition coefficient (Wildman–Crippen LogP) is 5.99. The molecule has 4 aromatic rings. The van der Waals surface area contributed by atoms with Crippen LogP contribution in [-0.4, -0.2) is 29.2 Å². The Morgan fingerprint density at radius 1 is 0.929 bits per heavy atom. The first kappa shape index (κ1) is 17.9. The van der Waals surface area contributed by atoms with Crippen LogP contribution in [0.15, 0.2) is 77.0 Å². The molecule has 2 aromatic carbocycles. The number of thiophene rings is 1. The van der Waals surface area contributed by atoms with E-state index in [4.69, 9.17) is 0 Å². The van der Waals surface area contributed by atoms with Crippen LogP contribution in [0.2, 0.25) is 0 Å². The summed E-state index contributed by atoms with van der Waals surface area (Å²) in [6.07, 6.45) is 0.